The van der Waals surface area contributed by atoms with Gasteiger partial charge in [0, 0.05) is 31.1 Å². The van der Waals surface area contributed by atoms with Gasteiger partial charge in [-0.05, 0) is 65.6 Å². The third-order valence-electron chi connectivity index (χ3n) is 9.98. The van der Waals surface area contributed by atoms with Gasteiger partial charge in [0.15, 0.2) is 6.29 Å². The summed E-state index contributed by atoms with van der Waals surface area (Å²) in [5, 5.41) is 23.7. The first kappa shape index (κ1) is 36.1. The van der Waals surface area contributed by atoms with Crippen LogP contribution in [0.3, 0.4) is 0 Å². The van der Waals surface area contributed by atoms with Crippen LogP contribution in [0.5, 0.6) is 0 Å². The Hall–Kier alpha value is -5.29. The van der Waals surface area contributed by atoms with Gasteiger partial charge in [0.25, 0.3) is 5.91 Å². The summed E-state index contributed by atoms with van der Waals surface area (Å²) in [6.07, 6.45) is 0.512. The van der Waals surface area contributed by atoms with Gasteiger partial charge >= 0.3 is 0 Å². The number of aliphatic hydroxyl groups excluding tert-OH is 2. The van der Waals surface area contributed by atoms with E-state index in [0.29, 0.717) is 25.0 Å². The molecule has 0 spiro atoms. The van der Waals surface area contributed by atoms with Gasteiger partial charge in [-0.15, -0.1) is 0 Å². The lowest BCUT2D eigenvalue weighted by molar-refractivity contribution is -0.253. The van der Waals surface area contributed by atoms with Crippen LogP contribution in [0, 0.1) is 0 Å². The molecule has 9 nitrogen and oxygen atoms in total. The minimum Gasteiger partial charge on any atom is -0.392 e. The average Bonchev–Trinajstić information content (AvgIpc) is 3.22. The molecule has 7 rings (SSSR count). The van der Waals surface area contributed by atoms with E-state index in [-0.39, 0.29) is 36.5 Å². The molecule has 1 aliphatic rings. The molecular weight excluding hydrogens is 665 g/mol. The van der Waals surface area contributed by atoms with E-state index < -0.39 is 12.4 Å². The molecule has 1 amide bonds. The largest absolute Gasteiger partial charge is 0.392 e. The molecule has 0 unspecified atom stereocenters. The van der Waals surface area contributed by atoms with Crippen molar-refractivity contribution in [3.05, 3.63) is 167 Å². The zero-order valence-electron chi connectivity index (χ0n) is 29.9. The smallest absolute Gasteiger partial charge is 0.271 e. The summed E-state index contributed by atoms with van der Waals surface area (Å²) >= 11 is 0. The SMILES string of the molecule is C[C@H]([C@@H](O)c1ccccc1)N(C)C[C@@H]1C[C@H](c2ccc(CO)cc2)O[C@H](c2ccc(-c3cccc(CNC(=O)c4cnc5ccccc5n4)c3)cc2)O1. The number of hydrogen-bond donors (Lipinski definition) is 3. The number of aliphatic hydroxyl groups is 2. The Morgan fingerprint density at radius 1 is 0.830 bits per heavy atom. The number of ether oxygens (including phenoxy) is 2. The number of nitrogens with zero attached hydrogens (tertiary/aromatic N) is 3. The van der Waals surface area contributed by atoms with Crippen molar-refractivity contribution in [2.75, 3.05) is 13.6 Å². The first-order valence-corrected chi connectivity index (χ1v) is 18.0. The van der Waals surface area contributed by atoms with Crippen LogP contribution >= 0.6 is 0 Å². The van der Waals surface area contributed by atoms with Gasteiger partial charge in [0.2, 0.25) is 0 Å². The lowest BCUT2D eigenvalue weighted by Gasteiger charge is -2.39. The number of carbonyl (C=O) groups is 1. The Bertz CT molecular complexity index is 2130. The minimum absolute atomic E-state index is 0.0169. The van der Waals surface area contributed by atoms with Crippen molar-refractivity contribution in [2.45, 2.75) is 57.1 Å². The molecule has 0 radical (unpaired) electrons. The lowest BCUT2D eigenvalue weighted by atomic mass is 9.98. The molecule has 1 saturated heterocycles. The zero-order chi connectivity index (χ0) is 36.7. The molecule has 5 atom stereocenters. The highest BCUT2D eigenvalue weighted by atomic mass is 16.7. The van der Waals surface area contributed by atoms with E-state index in [1.54, 1.807) is 0 Å². The predicted molar refractivity (Wildman–Crippen MR) is 205 cm³/mol. The van der Waals surface area contributed by atoms with Crippen LogP contribution in [-0.2, 0) is 22.6 Å². The molecule has 5 aromatic carbocycles. The second-order valence-electron chi connectivity index (χ2n) is 13.6. The molecule has 53 heavy (non-hydrogen) atoms. The monoisotopic (exact) mass is 708 g/mol. The number of likely N-dealkylation sites (N-methyl/N-ethyl adjacent to an activating group) is 1. The van der Waals surface area contributed by atoms with Gasteiger partial charge in [-0.2, -0.15) is 0 Å². The Balaban J connectivity index is 1.04. The number of nitrogens with one attached hydrogen (secondary N) is 1. The molecule has 2 heterocycles. The van der Waals surface area contributed by atoms with E-state index in [1.807, 2.05) is 123 Å². The molecule has 1 aromatic heterocycles. The average molecular weight is 709 g/mol. The van der Waals surface area contributed by atoms with Crippen molar-refractivity contribution < 1.29 is 24.5 Å². The molecule has 1 fully saturated rings. The van der Waals surface area contributed by atoms with Gasteiger partial charge in [-0.3, -0.25) is 14.7 Å². The maximum Gasteiger partial charge on any atom is 0.271 e. The van der Waals surface area contributed by atoms with Crippen molar-refractivity contribution in [3.63, 3.8) is 0 Å². The van der Waals surface area contributed by atoms with Crippen molar-refractivity contribution in [1.82, 2.24) is 20.2 Å². The number of para-hydroxylation sites is 2. The summed E-state index contributed by atoms with van der Waals surface area (Å²) in [6, 6.07) is 41.2. The van der Waals surface area contributed by atoms with E-state index in [4.69, 9.17) is 9.47 Å². The Morgan fingerprint density at radius 3 is 2.30 bits per heavy atom. The summed E-state index contributed by atoms with van der Waals surface area (Å²) in [7, 11) is 2.02. The van der Waals surface area contributed by atoms with Gasteiger partial charge < -0.3 is 25.0 Å². The van der Waals surface area contributed by atoms with E-state index in [1.165, 1.54) is 6.20 Å². The van der Waals surface area contributed by atoms with Crippen molar-refractivity contribution >= 4 is 16.9 Å². The molecule has 6 aromatic rings. The van der Waals surface area contributed by atoms with Crippen LogP contribution < -0.4 is 5.32 Å². The van der Waals surface area contributed by atoms with Gasteiger partial charge in [-0.25, -0.2) is 4.98 Å². The standard InChI is InChI=1S/C44H44N4O5/c1-29(42(50)34-10-4-3-5-11-34)48(2)27-37-24-41(33-17-15-30(28-49)16-18-33)53-44(52-37)35-21-19-32(20-22-35)36-12-8-9-31(23-36)25-46-43(51)40-26-45-38-13-6-7-14-39(38)47-40/h3-23,26,29,37,41-42,44,49-50H,24-25,27-28H2,1-2H3,(H,46,51)/t29-,37+,41-,42-,44-/m1/s1. The molecule has 270 valence electrons. The fourth-order valence-electron chi connectivity index (χ4n) is 6.72. The molecule has 0 bridgehead atoms. The Kier molecular flexibility index (Phi) is 11.3. The highest BCUT2D eigenvalue weighted by Gasteiger charge is 2.34. The Morgan fingerprint density at radius 2 is 1.55 bits per heavy atom. The summed E-state index contributed by atoms with van der Waals surface area (Å²) < 4.78 is 13.2. The summed E-state index contributed by atoms with van der Waals surface area (Å²) in [4.78, 5) is 23.8. The van der Waals surface area contributed by atoms with E-state index >= 15 is 0 Å². The zero-order valence-corrected chi connectivity index (χ0v) is 29.9. The van der Waals surface area contributed by atoms with Crippen LogP contribution in [0.1, 0.15) is 70.1 Å². The normalized spacial score (nSPS) is 18.5. The number of aromatic nitrogens is 2. The first-order chi connectivity index (χ1) is 25.8. The van der Waals surface area contributed by atoms with E-state index in [2.05, 4.69) is 38.4 Å². The molecular formula is C44H44N4O5. The summed E-state index contributed by atoms with van der Waals surface area (Å²) in [6.45, 7) is 2.96. The van der Waals surface area contributed by atoms with Crippen LogP contribution in [0.2, 0.25) is 0 Å². The highest BCUT2D eigenvalue weighted by molar-refractivity contribution is 5.93. The van der Waals surface area contributed by atoms with Crippen LogP contribution in [0.4, 0.5) is 0 Å². The number of carbonyl (C=O) groups excluding carboxylic acids is 1. The van der Waals surface area contributed by atoms with E-state index in [9.17, 15) is 15.0 Å². The van der Waals surface area contributed by atoms with Crippen molar-refractivity contribution in [2.24, 2.45) is 0 Å². The Labute approximate surface area is 309 Å². The second-order valence-corrected chi connectivity index (χ2v) is 13.6. The maximum absolute atomic E-state index is 12.9. The third kappa shape index (κ3) is 8.68. The molecule has 0 aliphatic carbocycles. The third-order valence-corrected chi connectivity index (χ3v) is 9.98. The summed E-state index contributed by atoms with van der Waals surface area (Å²) in [5.41, 5.74) is 8.35. The molecule has 0 saturated carbocycles. The fourth-order valence-corrected chi connectivity index (χ4v) is 6.72. The molecule has 9 heteroatoms. The minimum atomic E-state index is -0.639. The number of amides is 1. The van der Waals surface area contributed by atoms with Gasteiger partial charge in [0.05, 0.1) is 42.1 Å². The topological polar surface area (TPSA) is 117 Å². The van der Waals surface area contributed by atoms with Crippen LogP contribution in [0.15, 0.2) is 134 Å². The number of fused-ring (bicyclic) bond motifs is 1. The number of rotatable bonds is 12. The quantitative estimate of drug-likeness (QED) is 0.121. The van der Waals surface area contributed by atoms with E-state index in [0.717, 1.165) is 44.5 Å². The maximum atomic E-state index is 12.9. The van der Waals surface area contributed by atoms with Crippen molar-refractivity contribution in [1.29, 1.82) is 0 Å². The number of benzene rings is 5. The van der Waals surface area contributed by atoms with Gasteiger partial charge in [-0.1, -0.05) is 109 Å². The highest BCUT2D eigenvalue weighted by Crippen LogP contribution is 2.39. The van der Waals surface area contributed by atoms with Gasteiger partial charge in [0.1, 0.15) is 5.69 Å². The van der Waals surface area contributed by atoms with Crippen LogP contribution in [-0.4, -0.2) is 56.7 Å². The molecule has 3 N–H and O–H groups in total. The fraction of sp³-hybridized carbons (Fsp3) is 0.250. The lowest BCUT2D eigenvalue weighted by Crippen LogP contribution is -2.43. The summed E-state index contributed by atoms with van der Waals surface area (Å²) in [5.74, 6) is -0.278. The molecule has 1 aliphatic heterocycles. The second kappa shape index (κ2) is 16.6. The predicted octanol–water partition coefficient (Wildman–Crippen LogP) is 7.32. The van der Waals surface area contributed by atoms with Crippen molar-refractivity contribution in [3.8, 4) is 11.1 Å². The van der Waals surface area contributed by atoms with Crippen LogP contribution in [0.25, 0.3) is 22.2 Å². The first-order valence-electron chi connectivity index (χ1n) is 18.0. The number of hydrogen-bond acceptors (Lipinski definition) is 8.